The molecular formula is C14H11ClF2O. The highest BCUT2D eigenvalue weighted by Crippen LogP contribution is 2.24. The summed E-state index contributed by atoms with van der Waals surface area (Å²) in [4.78, 5) is 0. The number of hydrogen-bond acceptors (Lipinski definition) is 1. The Morgan fingerprint density at radius 1 is 1.11 bits per heavy atom. The maximum absolute atomic E-state index is 13.4. The summed E-state index contributed by atoms with van der Waals surface area (Å²) in [5, 5.41) is 0.518. The highest BCUT2D eigenvalue weighted by Gasteiger charge is 2.10. The fourth-order valence-corrected chi connectivity index (χ4v) is 1.71. The predicted molar refractivity (Wildman–Crippen MR) is 66.9 cm³/mol. The second-order valence-electron chi connectivity index (χ2n) is 3.90. The number of hydrogen-bond donors (Lipinski definition) is 0. The first-order chi connectivity index (χ1) is 8.58. The van der Waals surface area contributed by atoms with Crippen LogP contribution in [-0.2, 0) is 6.61 Å². The standard InChI is InChI=1S/C14H11ClF2O/c1-9-5-6-10(15)7-14(9)18-8-11-12(16)3-2-4-13(11)17/h2-7H,8H2,1H3. The molecule has 1 nitrogen and oxygen atoms in total. The summed E-state index contributed by atoms with van der Waals surface area (Å²) in [6.45, 7) is 1.67. The summed E-state index contributed by atoms with van der Waals surface area (Å²) in [7, 11) is 0. The van der Waals surface area contributed by atoms with Gasteiger partial charge in [0.2, 0.25) is 0 Å². The van der Waals surface area contributed by atoms with Crippen molar-refractivity contribution in [3.05, 3.63) is 64.2 Å². The van der Waals surface area contributed by atoms with Crippen LogP contribution < -0.4 is 4.74 Å². The van der Waals surface area contributed by atoms with Crippen molar-refractivity contribution in [2.75, 3.05) is 0 Å². The molecule has 2 rings (SSSR count). The summed E-state index contributed by atoms with van der Waals surface area (Å²) in [6.07, 6.45) is 0. The summed E-state index contributed by atoms with van der Waals surface area (Å²) in [6, 6.07) is 8.86. The van der Waals surface area contributed by atoms with Gasteiger partial charge < -0.3 is 4.74 Å². The highest BCUT2D eigenvalue weighted by molar-refractivity contribution is 6.30. The van der Waals surface area contributed by atoms with E-state index in [1.807, 2.05) is 6.92 Å². The normalized spacial score (nSPS) is 10.4. The Morgan fingerprint density at radius 2 is 1.78 bits per heavy atom. The molecule has 0 saturated heterocycles. The number of rotatable bonds is 3. The first kappa shape index (κ1) is 12.8. The second-order valence-corrected chi connectivity index (χ2v) is 4.34. The third kappa shape index (κ3) is 2.79. The van der Waals surface area contributed by atoms with Gasteiger partial charge in [-0.05, 0) is 36.8 Å². The molecule has 2 aromatic carbocycles. The molecule has 18 heavy (non-hydrogen) atoms. The Labute approximate surface area is 109 Å². The summed E-state index contributed by atoms with van der Waals surface area (Å²) >= 11 is 5.83. The molecular weight excluding hydrogens is 258 g/mol. The Bertz CT molecular complexity index is 549. The zero-order valence-electron chi connectivity index (χ0n) is 9.71. The molecule has 0 fully saturated rings. The lowest BCUT2D eigenvalue weighted by Crippen LogP contribution is -2.02. The molecule has 0 bridgehead atoms. The molecule has 0 aliphatic carbocycles. The van der Waals surface area contributed by atoms with E-state index in [-0.39, 0.29) is 12.2 Å². The van der Waals surface area contributed by atoms with Crippen molar-refractivity contribution in [3.63, 3.8) is 0 Å². The lowest BCUT2D eigenvalue weighted by atomic mass is 10.2. The largest absolute Gasteiger partial charge is 0.488 e. The van der Waals surface area contributed by atoms with Gasteiger partial charge in [-0.2, -0.15) is 0 Å². The third-order valence-corrected chi connectivity index (χ3v) is 2.82. The minimum absolute atomic E-state index is 0.0862. The van der Waals surface area contributed by atoms with Gasteiger partial charge in [-0.15, -0.1) is 0 Å². The monoisotopic (exact) mass is 268 g/mol. The molecule has 0 amide bonds. The molecule has 2 aromatic rings. The number of ether oxygens (including phenoxy) is 1. The van der Waals surface area contributed by atoms with Crippen molar-refractivity contribution in [1.29, 1.82) is 0 Å². The Morgan fingerprint density at radius 3 is 2.44 bits per heavy atom. The molecule has 0 aliphatic rings. The van der Waals surface area contributed by atoms with Gasteiger partial charge >= 0.3 is 0 Å². The maximum Gasteiger partial charge on any atom is 0.132 e. The fourth-order valence-electron chi connectivity index (χ4n) is 1.55. The van der Waals surface area contributed by atoms with Crippen molar-refractivity contribution in [1.82, 2.24) is 0 Å². The first-order valence-electron chi connectivity index (χ1n) is 5.40. The predicted octanol–water partition coefficient (Wildman–Crippen LogP) is 4.51. The SMILES string of the molecule is Cc1ccc(Cl)cc1OCc1c(F)cccc1F. The average Bonchev–Trinajstić information content (AvgIpc) is 2.33. The molecule has 0 radical (unpaired) electrons. The van der Waals surface area contributed by atoms with E-state index in [0.717, 1.165) is 5.56 Å². The quantitative estimate of drug-likeness (QED) is 0.796. The van der Waals surface area contributed by atoms with Gasteiger partial charge in [-0.25, -0.2) is 8.78 Å². The van der Waals surface area contributed by atoms with Gasteiger partial charge in [0, 0.05) is 5.02 Å². The van der Waals surface area contributed by atoms with Crippen LogP contribution in [-0.4, -0.2) is 0 Å². The average molecular weight is 269 g/mol. The molecule has 94 valence electrons. The van der Waals surface area contributed by atoms with Crippen molar-refractivity contribution in [3.8, 4) is 5.75 Å². The minimum Gasteiger partial charge on any atom is -0.488 e. The lowest BCUT2D eigenvalue weighted by Gasteiger charge is -2.10. The van der Waals surface area contributed by atoms with Gasteiger partial charge in [-0.3, -0.25) is 0 Å². The van der Waals surface area contributed by atoms with E-state index in [0.29, 0.717) is 10.8 Å². The summed E-state index contributed by atoms with van der Waals surface area (Å²) < 4.78 is 32.2. The van der Waals surface area contributed by atoms with E-state index >= 15 is 0 Å². The molecule has 0 saturated carbocycles. The van der Waals surface area contributed by atoms with Crippen molar-refractivity contribution >= 4 is 11.6 Å². The maximum atomic E-state index is 13.4. The van der Waals surface area contributed by atoms with Crippen LogP contribution in [0.15, 0.2) is 36.4 Å². The van der Waals surface area contributed by atoms with Gasteiger partial charge in [-0.1, -0.05) is 23.7 Å². The van der Waals surface area contributed by atoms with Crippen LogP contribution in [0.4, 0.5) is 8.78 Å². The molecule has 0 heterocycles. The van der Waals surface area contributed by atoms with Crippen LogP contribution in [0.3, 0.4) is 0 Å². The van der Waals surface area contributed by atoms with Gasteiger partial charge in [0.1, 0.15) is 24.0 Å². The van der Waals surface area contributed by atoms with Crippen LogP contribution in [0.2, 0.25) is 5.02 Å². The minimum atomic E-state index is -0.616. The second kappa shape index (κ2) is 5.36. The molecule has 0 atom stereocenters. The van der Waals surface area contributed by atoms with E-state index in [1.54, 1.807) is 18.2 Å². The Balaban J connectivity index is 2.19. The molecule has 0 unspecified atom stereocenters. The van der Waals surface area contributed by atoms with E-state index in [1.165, 1.54) is 18.2 Å². The van der Waals surface area contributed by atoms with Gasteiger partial charge in [0.25, 0.3) is 0 Å². The Kier molecular flexibility index (Phi) is 3.82. The highest BCUT2D eigenvalue weighted by atomic mass is 35.5. The van der Waals surface area contributed by atoms with Crippen molar-refractivity contribution < 1.29 is 13.5 Å². The summed E-state index contributed by atoms with van der Waals surface area (Å²) in [5.41, 5.74) is 0.771. The number of aryl methyl sites for hydroxylation is 1. The third-order valence-electron chi connectivity index (χ3n) is 2.58. The topological polar surface area (TPSA) is 9.23 Å². The van der Waals surface area contributed by atoms with Gasteiger partial charge in [0.15, 0.2) is 0 Å². The first-order valence-corrected chi connectivity index (χ1v) is 5.77. The van der Waals surface area contributed by atoms with Gasteiger partial charge in [0.05, 0.1) is 5.56 Å². The molecule has 0 aromatic heterocycles. The van der Waals surface area contributed by atoms with Crippen LogP contribution in [0.25, 0.3) is 0 Å². The van der Waals surface area contributed by atoms with Crippen molar-refractivity contribution in [2.24, 2.45) is 0 Å². The van der Waals surface area contributed by atoms with Crippen LogP contribution in [0.1, 0.15) is 11.1 Å². The van der Waals surface area contributed by atoms with E-state index in [4.69, 9.17) is 16.3 Å². The zero-order chi connectivity index (χ0) is 13.1. The summed E-state index contributed by atoms with van der Waals surface area (Å²) in [5.74, 6) is -0.713. The van der Waals surface area contributed by atoms with E-state index in [9.17, 15) is 8.78 Å². The van der Waals surface area contributed by atoms with E-state index < -0.39 is 11.6 Å². The molecule has 0 spiro atoms. The molecule has 0 aliphatic heterocycles. The van der Waals surface area contributed by atoms with Crippen molar-refractivity contribution in [2.45, 2.75) is 13.5 Å². The van der Waals surface area contributed by atoms with Crippen LogP contribution >= 0.6 is 11.6 Å². The molecule has 0 N–H and O–H groups in total. The number of benzene rings is 2. The Hall–Kier alpha value is -1.61. The van der Waals surface area contributed by atoms with E-state index in [2.05, 4.69) is 0 Å². The fraction of sp³-hybridized carbons (Fsp3) is 0.143. The number of halogens is 3. The van der Waals surface area contributed by atoms with Crippen LogP contribution in [0.5, 0.6) is 5.75 Å². The lowest BCUT2D eigenvalue weighted by molar-refractivity contribution is 0.290. The zero-order valence-corrected chi connectivity index (χ0v) is 10.5. The molecule has 4 heteroatoms. The smallest absolute Gasteiger partial charge is 0.132 e. The van der Waals surface area contributed by atoms with Crippen LogP contribution in [0, 0.1) is 18.6 Å².